The van der Waals surface area contributed by atoms with Gasteiger partial charge in [0.1, 0.15) is 6.61 Å². The van der Waals surface area contributed by atoms with Crippen LogP contribution < -0.4 is 0 Å². The molecule has 0 amide bonds. The first-order chi connectivity index (χ1) is 13.0. The van der Waals surface area contributed by atoms with Crippen molar-refractivity contribution in [2.75, 3.05) is 6.61 Å². The molecular formula is C23H23NO3. The van der Waals surface area contributed by atoms with E-state index in [1.165, 1.54) is 0 Å². The number of hydrogen-bond acceptors (Lipinski definition) is 3. The van der Waals surface area contributed by atoms with Crippen LogP contribution >= 0.6 is 0 Å². The van der Waals surface area contributed by atoms with Gasteiger partial charge in [0.15, 0.2) is 5.78 Å². The fraction of sp³-hybridized carbons (Fsp3) is 0.217. The smallest absolute Gasteiger partial charge is 0.338 e. The molecule has 2 aromatic carbocycles. The summed E-state index contributed by atoms with van der Waals surface area (Å²) >= 11 is 0. The molecule has 0 spiro atoms. The number of aryl methyl sites for hydroxylation is 1. The maximum absolute atomic E-state index is 12.8. The molecule has 3 rings (SSSR count). The number of esters is 1. The predicted molar refractivity (Wildman–Crippen MR) is 105 cm³/mol. The van der Waals surface area contributed by atoms with E-state index in [1.807, 2.05) is 75.4 Å². The molecule has 27 heavy (non-hydrogen) atoms. The van der Waals surface area contributed by atoms with Gasteiger partial charge in [0.25, 0.3) is 0 Å². The Kier molecular flexibility index (Phi) is 5.55. The molecular weight excluding hydrogens is 338 g/mol. The minimum absolute atomic E-state index is 0.00318. The SMILES string of the molecule is Cc1cc(C(=O)c2ccccc2)c(C)n1C(C)COC(=O)c1ccccc1. The lowest BCUT2D eigenvalue weighted by Crippen LogP contribution is -2.18. The van der Waals surface area contributed by atoms with Crippen LogP contribution in [0.5, 0.6) is 0 Å². The van der Waals surface area contributed by atoms with E-state index in [0.29, 0.717) is 16.7 Å². The van der Waals surface area contributed by atoms with E-state index >= 15 is 0 Å². The number of aromatic nitrogens is 1. The average molecular weight is 361 g/mol. The summed E-state index contributed by atoms with van der Waals surface area (Å²) in [6, 6.07) is 20.0. The number of benzene rings is 2. The maximum atomic E-state index is 12.8. The van der Waals surface area contributed by atoms with Crippen LogP contribution in [0.15, 0.2) is 66.7 Å². The molecule has 0 saturated heterocycles. The Bertz CT molecular complexity index is 943. The molecule has 1 aromatic heterocycles. The third-order valence-electron chi connectivity index (χ3n) is 4.67. The van der Waals surface area contributed by atoms with E-state index in [9.17, 15) is 9.59 Å². The zero-order chi connectivity index (χ0) is 19.4. The van der Waals surface area contributed by atoms with Gasteiger partial charge in [-0.15, -0.1) is 0 Å². The molecule has 0 aliphatic carbocycles. The molecule has 1 heterocycles. The van der Waals surface area contributed by atoms with E-state index in [1.54, 1.807) is 12.1 Å². The number of hydrogen-bond donors (Lipinski definition) is 0. The topological polar surface area (TPSA) is 48.3 Å². The van der Waals surface area contributed by atoms with Crippen molar-refractivity contribution in [1.29, 1.82) is 0 Å². The second kappa shape index (κ2) is 8.04. The van der Waals surface area contributed by atoms with E-state index in [0.717, 1.165) is 11.4 Å². The Morgan fingerprint density at radius 1 is 0.926 bits per heavy atom. The van der Waals surface area contributed by atoms with Crippen molar-refractivity contribution < 1.29 is 14.3 Å². The van der Waals surface area contributed by atoms with Crippen molar-refractivity contribution >= 4 is 11.8 Å². The van der Waals surface area contributed by atoms with Crippen molar-refractivity contribution in [1.82, 2.24) is 4.57 Å². The van der Waals surface area contributed by atoms with Crippen molar-refractivity contribution in [3.63, 3.8) is 0 Å². The van der Waals surface area contributed by atoms with Crippen molar-refractivity contribution in [2.45, 2.75) is 26.8 Å². The number of carbonyl (C=O) groups excluding carboxylic acids is 2. The van der Waals surface area contributed by atoms with Gasteiger partial charge >= 0.3 is 5.97 Å². The highest BCUT2D eigenvalue weighted by Crippen LogP contribution is 2.23. The quantitative estimate of drug-likeness (QED) is 0.470. The fourth-order valence-electron chi connectivity index (χ4n) is 3.36. The molecule has 1 unspecified atom stereocenters. The van der Waals surface area contributed by atoms with Crippen LogP contribution in [0.2, 0.25) is 0 Å². The monoisotopic (exact) mass is 361 g/mol. The highest BCUT2D eigenvalue weighted by molar-refractivity contribution is 6.09. The fourth-order valence-corrected chi connectivity index (χ4v) is 3.36. The summed E-state index contributed by atoms with van der Waals surface area (Å²) in [5, 5.41) is 0. The van der Waals surface area contributed by atoms with Crippen molar-refractivity contribution in [2.24, 2.45) is 0 Å². The van der Waals surface area contributed by atoms with Crippen LogP contribution in [0.25, 0.3) is 0 Å². The highest BCUT2D eigenvalue weighted by atomic mass is 16.5. The lowest BCUT2D eigenvalue weighted by Gasteiger charge is -2.18. The Balaban J connectivity index is 1.76. The average Bonchev–Trinajstić information content (AvgIpc) is 3.00. The molecule has 1 atom stereocenters. The van der Waals surface area contributed by atoms with Gasteiger partial charge in [0.2, 0.25) is 0 Å². The van der Waals surface area contributed by atoms with Gasteiger partial charge in [-0.1, -0.05) is 48.5 Å². The second-order valence-corrected chi connectivity index (χ2v) is 6.66. The Morgan fingerprint density at radius 2 is 1.48 bits per heavy atom. The minimum atomic E-state index is -0.342. The van der Waals surface area contributed by atoms with E-state index < -0.39 is 0 Å². The number of carbonyl (C=O) groups is 2. The summed E-state index contributed by atoms with van der Waals surface area (Å²) in [4.78, 5) is 25.0. The van der Waals surface area contributed by atoms with E-state index in [4.69, 9.17) is 4.74 Å². The summed E-state index contributed by atoms with van der Waals surface area (Å²) in [6.07, 6.45) is 0. The largest absolute Gasteiger partial charge is 0.460 e. The summed E-state index contributed by atoms with van der Waals surface area (Å²) in [6.45, 7) is 6.11. The Labute approximate surface area is 159 Å². The van der Waals surface area contributed by atoms with Gasteiger partial charge in [-0.2, -0.15) is 0 Å². The summed E-state index contributed by atoms with van der Waals surface area (Å²) in [5.41, 5.74) is 3.73. The number of ketones is 1. The van der Waals surface area contributed by atoms with Crippen LogP contribution in [0, 0.1) is 13.8 Å². The second-order valence-electron chi connectivity index (χ2n) is 6.66. The number of ether oxygens (including phenoxy) is 1. The first-order valence-electron chi connectivity index (χ1n) is 8.99. The first kappa shape index (κ1) is 18.6. The molecule has 4 nitrogen and oxygen atoms in total. The molecule has 0 aliphatic rings. The zero-order valence-electron chi connectivity index (χ0n) is 15.8. The minimum Gasteiger partial charge on any atom is -0.460 e. The van der Waals surface area contributed by atoms with Gasteiger partial charge in [0.05, 0.1) is 11.6 Å². The first-order valence-corrected chi connectivity index (χ1v) is 8.99. The van der Waals surface area contributed by atoms with E-state index in [2.05, 4.69) is 4.57 Å². The molecule has 0 N–H and O–H groups in total. The zero-order valence-corrected chi connectivity index (χ0v) is 15.8. The number of rotatable bonds is 6. The maximum Gasteiger partial charge on any atom is 0.338 e. The molecule has 0 fully saturated rings. The standard InChI is InChI=1S/C23H23NO3/c1-16-14-21(22(25)19-10-6-4-7-11-19)18(3)24(16)17(2)15-27-23(26)20-12-8-5-9-13-20/h4-14,17H,15H2,1-3H3. The normalized spacial score (nSPS) is 11.8. The molecule has 138 valence electrons. The van der Waals surface area contributed by atoms with Crippen LogP contribution in [0.1, 0.15) is 50.6 Å². The number of nitrogens with zero attached hydrogens (tertiary/aromatic N) is 1. The Hall–Kier alpha value is -3.14. The van der Waals surface area contributed by atoms with Crippen LogP contribution in [-0.2, 0) is 4.74 Å². The van der Waals surface area contributed by atoms with Gasteiger partial charge < -0.3 is 9.30 Å². The van der Waals surface area contributed by atoms with Crippen molar-refractivity contribution in [3.8, 4) is 0 Å². The van der Waals surface area contributed by atoms with E-state index in [-0.39, 0.29) is 24.4 Å². The van der Waals surface area contributed by atoms with Gasteiger partial charge in [-0.25, -0.2) is 4.79 Å². The van der Waals surface area contributed by atoms with Crippen molar-refractivity contribution in [3.05, 3.63) is 94.8 Å². The van der Waals surface area contributed by atoms with Gasteiger partial charge in [-0.3, -0.25) is 4.79 Å². The van der Waals surface area contributed by atoms with Gasteiger partial charge in [0, 0.05) is 22.5 Å². The summed E-state index contributed by atoms with van der Waals surface area (Å²) in [5.74, 6) is -0.339. The molecule has 4 heteroatoms. The predicted octanol–water partition coefficient (Wildman–Crippen LogP) is 4.75. The lowest BCUT2D eigenvalue weighted by atomic mass is 10.0. The Morgan fingerprint density at radius 3 is 2.07 bits per heavy atom. The molecule has 0 saturated carbocycles. The molecule has 0 radical (unpaired) electrons. The summed E-state index contributed by atoms with van der Waals surface area (Å²) in [7, 11) is 0. The molecule has 0 aliphatic heterocycles. The molecule has 0 bridgehead atoms. The highest BCUT2D eigenvalue weighted by Gasteiger charge is 2.20. The third kappa shape index (κ3) is 4.00. The molecule has 3 aromatic rings. The third-order valence-corrected chi connectivity index (χ3v) is 4.67. The van der Waals surface area contributed by atoms with Gasteiger partial charge in [-0.05, 0) is 39.0 Å². The lowest BCUT2D eigenvalue weighted by molar-refractivity contribution is 0.0453. The van der Waals surface area contributed by atoms with Crippen LogP contribution in [0.3, 0.4) is 0 Å². The van der Waals surface area contributed by atoms with Crippen LogP contribution in [-0.4, -0.2) is 22.9 Å². The summed E-state index contributed by atoms with van der Waals surface area (Å²) < 4.78 is 7.51. The van der Waals surface area contributed by atoms with Crippen LogP contribution in [0.4, 0.5) is 0 Å².